The van der Waals surface area contributed by atoms with Crippen molar-refractivity contribution < 1.29 is 24.0 Å². The minimum atomic E-state index is -1.11. The van der Waals surface area contributed by atoms with E-state index in [4.69, 9.17) is 4.74 Å². The predicted molar refractivity (Wildman–Crippen MR) is 56.0 cm³/mol. The number of ether oxygens (including phenoxy) is 2. The van der Waals surface area contributed by atoms with Gasteiger partial charge >= 0.3 is 5.97 Å². The average molecular weight is 239 g/mol. The second-order valence-corrected chi connectivity index (χ2v) is 2.96. The van der Waals surface area contributed by atoms with Crippen LogP contribution in [0.3, 0.4) is 0 Å². The Morgan fingerprint density at radius 3 is 2.41 bits per heavy atom. The zero-order valence-electron chi connectivity index (χ0n) is 9.13. The molecule has 0 aliphatic carbocycles. The standard InChI is InChI=1S/C10H9NO6/c1-16-8-4-3-6(11(14)15)5-7(8)9(12)10(13)17-2/h3-5H,1-2H3. The van der Waals surface area contributed by atoms with E-state index >= 15 is 0 Å². The van der Waals surface area contributed by atoms with Crippen molar-refractivity contribution in [1.82, 2.24) is 0 Å². The molecule has 0 aliphatic heterocycles. The van der Waals surface area contributed by atoms with Crippen molar-refractivity contribution in [3.05, 3.63) is 33.9 Å². The summed E-state index contributed by atoms with van der Waals surface area (Å²) in [6.07, 6.45) is 0. The summed E-state index contributed by atoms with van der Waals surface area (Å²) in [5.41, 5.74) is -0.508. The second-order valence-electron chi connectivity index (χ2n) is 2.96. The fourth-order valence-corrected chi connectivity index (χ4v) is 1.19. The van der Waals surface area contributed by atoms with E-state index in [-0.39, 0.29) is 17.0 Å². The lowest BCUT2D eigenvalue weighted by Crippen LogP contribution is -2.16. The number of nitro groups is 1. The molecule has 0 saturated heterocycles. The summed E-state index contributed by atoms with van der Waals surface area (Å²) < 4.78 is 9.10. The number of Topliss-reactive ketones (excluding diaryl/α,β-unsaturated/α-hetero) is 1. The molecule has 0 N–H and O–H groups in total. The Labute approximate surface area is 96.1 Å². The molecule has 1 rings (SSSR count). The molecule has 0 fully saturated rings. The molecule has 1 aromatic carbocycles. The zero-order valence-corrected chi connectivity index (χ0v) is 9.13. The van der Waals surface area contributed by atoms with Gasteiger partial charge in [0.25, 0.3) is 11.5 Å². The second kappa shape index (κ2) is 5.06. The number of ketones is 1. The number of esters is 1. The first-order chi connectivity index (χ1) is 8.01. The van der Waals surface area contributed by atoms with Crippen LogP contribution < -0.4 is 4.74 Å². The molecule has 7 nitrogen and oxygen atoms in total. The first kappa shape index (κ1) is 12.6. The van der Waals surface area contributed by atoms with Crippen LogP contribution in [0.25, 0.3) is 0 Å². The molecule has 0 unspecified atom stereocenters. The van der Waals surface area contributed by atoms with Crippen molar-refractivity contribution in [3.63, 3.8) is 0 Å². The van der Waals surface area contributed by atoms with Crippen LogP contribution in [0, 0.1) is 10.1 Å². The summed E-state index contributed by atoms with van der Waals surface area (Å²) in [5.74, 6) is -2.03. The molecule has 1 aromatic rings. The lowest BCUT2D eigenvalue weighted by molar-refractivity contribution is -0.384. The van der Waals surface area contributed by atoms with Crippen molar-refractivity contribution in [3.8, 4) is 5.75 Å². The normalized spacial score (nSPS) is 9.53. The number of hydrogen-bond acceptors (Lipinski definition) is 6. The maximum atomic E-state index is 11.6. The Kier molecular flexibility index (Phi) is 3.76. The summed E-state index contributed by atoms with van der Waals surface area (Å²) in [6.45, 7) is 0. The van der Waals surface area contributed by atoms with Crippen molar-refractivity contribution in [2.24, 2.45) is 0 Å². The van der Waals surface area contributed by atoms with Gasteiger partial charge in [0.15, 0.2) is 0 Å². The number of nitro benzene ring substituents is 1. The van der Waals surface area contributed by atoms with Gasteiger partial charge < -0.3 is 9.47 Å². The van der Waals surface area contributed by atoms with Crippen LogP contribution in [0.5, 0.6) is 5.75 Å². The maximum absolute atomic E-state index is 11.6. The zero-order chi connectivity index (χ0) is 13.0. The summed E-state index contributed by atoms with van der Waals surface area (Å²) in [4.78, 5) is 32.5. The fraction of sp³-hybridized carbons (Fsp3) is 0.200. The van der Waals surface area contributed by atoms with Gasteiger partial charge in [-0.2, -0.15) is 0 Å². The highest BCUT2D eigenvalue weighted by molar-refractivity contribution is 6.41. The molecule has 0 aromatic heterocycles. The molecule has 0 spiro atoms. The van der Waals surface area contributed by atoms with Gasteiger partial charge in [-0.1, -0.05) is 0 Å². The SMILES string of the molecule is COC(=O)C(=O)c1cc([N+](=O)[O-])ccc1OC. The number of rotatable bonds is 4. The third-order valence-electron chi connectivity index (χ3n) is 2.01. The number of carbonyl (C=O) groups is 2. The molecule has 0 radical (unpaired) electrons. The predicted octanol–water partition coefficient (Wildman–Crippen LogP) is 0.959. The highest BCUT2D eigenvalue weighted by atomic mass is 16.6. The monoisotopic (exact) mass is 239 g/mol. The van der Waals surface area contributed by atoms with E-state index in [0.29, 0.717) is 0 Å². The Hall–Kier alpha value is -2.44. The van der Waals surface area contributed by atoms with Crippen LogP contribution >= 0.6 is 0 Å². The molecular weight excluding hydrogens is 230 g/mol. The Morgan fingerprint density at radius 1 is 1.29 bits per heavy atom. The number of carbonyl (C=O) groups excluding carboxylic acids is 2. The molecule has 0 atom stereocenters. The van der Waals surface area contributed by atoms with Gasteiger partial charge in [0.2, 0.25) is 0 Å². The number of benzene rings is 1. The van der Waals surface area contributed by atoms with Crippen LogP contribution in [0.15, 0.2) is 18.2 Å². The van der Waals surface area contributed by atoms with E-state index in [2.05, 4.69) is 4.74 Å². The van der Waals surface area contributed by atoms with Gasteiger partial charge in [-0.15, -0.1) is 0 Å². The summed E-state index contributed by atoms with van der Waals surface area (Å²) >= 11 is 0. The maximum Gasteiger partial charge on any atom is 0.379 e. The lowest BCUT2D eigenvalue weighted by Gasteiger charge is -2.05. The number of methoxy groups -OCH3 is 2. The van der Waals surface area contributed by atoms with Gasteiger partial charge in [-0.25, -0.2) is 4.79 Å². The molecule has 17 heavy (non-hydrogen) atoms. The van der Waals surface area contributed by atoms with Crippen LogP contribution in [0.4, 0.5) is 5.69 Å². The van der Waals surface area contributed by atoms with Gasteiger partial charge in [0, 0.05) is 12.1 Å². The van der Waals surface area contributed by atoms with E-state index in [1.807, 2.05) is 0 Å². The van der Waals surface area contributed by atoms with Crippen molar-refractivity contribution in [2.75, 3.05) is 14.2 Å². The van der Waals surface area contributed by atoms with Gasteiger partial charge in [-0.05, 0) is 6.07 Å². The van der Waals surface area contributed by atoms with E-state index in [1.165, 1.54) is 19.2 Å². The molecule has 0 heterocycles. The summed E-state index contributed by atoms with van der Waals surface area (Å²) in [6, 6.07) is 3.39. The van der Waals surface area contributed by atoms with E-state index in [0.717, 1.165) is 13.2 Å². The fourth-order valence-electron chi connectivity index (χ4n) is 1.19. The van der Waals surface area contributed by atoms with E-state index in [1.54, 1.807) is 0 Å². The van der Waals surface area contributed by atoms with Crippen LogP contribution in [0.2, 0.25) is 0 Å². The summed E-state index contributed by atoms with van der Waals surface area (Å²) in [7, 11) is 2.33. The highest BCUT2D eigenvalue weighted by Gasteiger charge is 2.23. The molecular formula is C10H9NO6. The number of nitrogens with zero attached hydrogens (tertiary/aromatic N) is 1. The highest BCUT2D eigenvalue weighted by Crippen LogP contribution is 2.24. The quantitative estimate of drug-likeness (QED) is 0.255. The molecule has 7 heteroatoms. The van der Waals surface area contributed by atoms with E-state index < -0.39 is 16.7 Å². The van der Waals surface area contributed by atoms with Gasteiger partial charge in [0.05, 0.1) is 24.7 Å². The topological polar surface area (TPSA) is 95.7 Å². The van der Waals surface area contributed by atoms with Crippen molar-refractivity contribution >= 4 is 17.4 Å². The first-order valence-electron chi connectivity index (χ1n) is 4.46. The van der Waals surface area contributed by atoms with Crippen LogP contribution in [-0.2, 0) is 9.53 Å². The third kappa shape index (κ3) is 2.57. The molecule has 0 amide bonds. The smallest absolute Gasteiger partial charge is 0.379 e. The minimum absolute atomic E-state index is 0.0750. The largest absolute Gasteiger partial charge is 0.496 e. The first-order valence-corrected chi connectivity index (χ1v) is 4.46. The molecule has 0 aliphatic rings. The van der Waals surface area contributed by atoms with Crippen molar-refractivity contribution in [1.29, 1.82) is 0 Å². The number of non-ortho nitro benzene ring substituents is 1. The lowest BCUT2D eigenvalue weighted by atomic mass is 10.1. The Balaban J connectivity index is 3.28. The van der Waals surface area contributed by atoms with E-state index in [9.17, 15) is 19.7 Å². The van der Waals surface area contributed by atoms with Crippen molar-refractivity contribution in [2.45, 2.75) is 0 Å². The van der Waals surface area contributed by atoms with Crippen LogP contribution in [0.1, 0.15) is 10.4 Å². The Morgan fingerprint density at radius 2 is 1.94 bits per heavy atom. The number of hydrogen-bond donors (Lipinski definition) is 0. The Bertz CT molecular complexity index is 482. The third-order valence-corrected chi connectivity index (χ3v) is 2.01. The van der Waals surface area contributed by atoms with Gasteiger partial charge in [-0.3, -0.25) is 14.9 Å². The minimum Gasteiger partial charge on any atom is -0.496 e. The molecule has 0 saturated carbocycles. The summed E-state index contributed by atoms with van der Waals surface area (Å²) in [5, 5.41) is 10.6. The van der Waals surface area contributed by atoms with Crippen LogP contribution in [-0.4, -0.2) is 30.9 Å². The average Bonchev–Trinajstić information content (AvgIpc) is 2.35. The molecule has 90 valence electrons. The molecule has 0 bridgehead atoms. The van der Waals surface area contributed by atoms with Gasteiger partial charge in [0.1, 0.15) is 5.75 Å².